The molecule has 0 saturated carbocycles. The summed E-state index contributed by atoms with van der Waals surface area (Å²) < 4.78 is 28.5. The van der Waals surface area contributed by atoms with Crippen molar-refractivity contribution >= 4 is 10.1 Å². The molecular weight excluding hydrogens is 272 g/mol. The van der Waals surface area contributed by atoms with E-state index in [4.69, 9.17) is 4.18 Å². The van der Waals surface area contributed by atoms with Crippen LogP contribution in [0, 0.1) is 25.0 Å². The number of benzene rings is 2. The Balaban J connectivity index is 2.21. The molecular formula is C16H14O3S. The van der Waals surface area contributed by atoms with Gasteiger partial charge >= 0.3 is 10.1 Å². The normalized spacial score (nSPS) is 10.5. The molecule has 102 valence electrons. The summed E-state index contributed by atoms with van der Waals surface area (Å²) in [5, 5.41) is 2.18. The van der Waals surface area contributed by atoms with E-state index in [0.29, 0.717) is 5.56 Å². The minimum Gasteiger partial charge on any atom is -0.373 e. The lowest BCUT2D eigenvalue weighted by Crippen LogP contribution is -2.05. The quantitative estimate of drug-likeness (QED) is 0.629. The summed E-state index contributed by atoms with van der Waals surface area (Å²) in [6, 6.07) is 14.1. The summed E-state index contributed by atoms with van der Waals surface area (Å²) in [5.74, 6) is 2.88. The van der Waals surface area contributed by atoms with Gasteiger partial charge in [-0.2, -0.15) is 8.42 Å². The Morgan fingerprint density at radius 3 is 2.25 bits per heavy atom. The van der Waals surface area contributed by atoms with Crippen molar-refractivity contribution in [2.75, 3.05) is 0 Å². The minimum atomic E-state index is -3.92. The number of rotatable bonds is 2. The van der Waals surface area contributed by atoms with Gasteiger partial charge in [0.1, 0.15) is 5.75 Å². The van der Waals surface area contributed by atoms with E-state index in [1.165, 1.54) is 0 Å². The van der Waals surface area contributed by atoms with E-state index in [1.807, 2.05) is 32.0 Å². The summed E-state index contributed by atoms with van der Waals surface area (Å²) >= 11 is 0. The van der Waals surface area contributed by atoms with Crippen LogP contribution in [0.2, 0.25) is 0 Å². The van der Waals surface area contributed by atoms with Crippen LogP contribution < -0.4 is 4.18 Å². The molecule has 2 aromatic rings. The van der Waals surface area contributed by atoms with Crippen LogP contribution in [0.1, 0.15) is 16.7 Å². The van der Waals surface area contributed by atoms with Crippen molar-refractivity contribution in [1.82, 2.24) is 0 Å². The lowest BCUT2D eigenvalue weighted by atomic mass is 10.1. The average molecular weight is 286 g/mol. The van der Waals surface area contributed by atoms with Gasteiger partial charge in [-0.1, -0.05) is 35.9 Å². The van der Waals surface area contributed by atoms with Crippen LogP contribution in [0.25, 0.3) is 0 Å². The fraction of sp³-hybridized carbons (Fsp3) is 0.125. The van der Waals surface area contributed by atoms with Crippen LogP contribution in [0.3, 0.4) is 0 Å². The van der Waals surface area contributed by atoms with Gasteiger partial charge in [0, 0.05) is 5.56 Å². The Morgan fingerprint density at radius 1 is 0.950 bits per heavy atom. The van der Waals surface area contributed by atoms with Gasteiger partial charge in [0.2, 0.25) is 0 Å². The van der Waals surface area contributed by atoms with E-state index in [-0.39, 0.29) is 5.75 Å². The maximum atomic E-state index is 11.8. The molecule has 4 heteroatoms. The van der Waals surface area contributed by atoms with Gasteiger partial charge in [0.25, 0.3) is 0 Å². The number of hydrogen-bond acceptors (Lipinski definition) is 3. The van der Waals surface area contributed by atoms with Crippen LogP contribution >= 0.6 is 0 Å². The first kappa shape index (κ1) is 14.2. The highest BCUT2D eigenvalue weighted by molar-refractivity contribution is 7.91. The molecule has 20 heavy (non-hydrogen) atoms. The maximum Gasteiger partial charge on any atom is 0.382 e. The van der Waals surface area contributed by atoms with Crippen molar-refractivity contribution in [3.05, 3.63) is 65.2 Å². The molecule has 0 aliphatic carbocycles. The van der Waals surface area contributed by atoms with E-state index in [1.54, 1.807) is 30.3 Å². The predicted molar refractivity (Wildman–Crippen MR) is 78.8 cm³/mol. The Morgan fingerprint density at radius 2 is 1.60 bits per heavy atom. The fourth-order valence-electron chi connectivity index (χ4n) is 1.57. The molecule has 0 radical (unpaired) electrons. The molecule has 0 fully saturated rings. The lowest BCUT2D eigenvalue weighted by Gasteiger charge is -2.01. The molecule has 0 bridgehead atoms. The van der Waals surface area contributed by atoms with Crippen molar-refractivity contribution in [2.45, 2.75) is 13.8 Å². The second kappa shape index (κ2) is 5.81. The van der Waals surface area contributed by atoms with Gasteiger partial charge in [-0.15, -0.1) is 0 Å². The summed E-state index contributed by atoms with van der Waals surface area (Å²) in [6.07, 6.45) is 0. The molecule has 0 unspecified atom stereocenters. The number of aryl methyl sites for hydroxylation is 2. The molecule has 0 heterocycles. The summed E-state index contributed by atoms with van der Waals surface area (Å²) in [5.41, 5.74) is 2.62. The van der Waals surface area contributed by atoms with Gasteiger partial charge < -0.3 is 4.18 Å². The van der Waals surface area contributed by atoms with E-state index >= 15 is 0 Å². The Labute approximate surface area is 119 Å². The highest BCUT2D eigenvalue weighted by Crippen LogP contribution is 2.14. The van der Waals surface area contributed by atoms with Gasteiger partial charge in [-0.05, 0) is 43.5 Å². The summed E-state index contributed by atoms with van der Waals surface area (Å²) in [7, 11) is -3.92. The SMILES string of the molecule is Cc1ccc(OS(=O)(=O)C#Cc2ccccc2C)cc1. The first-order chi connectivity index (χ1) is 9.46. The second-order valence-corrected chi connectivity index (χ2v) is 5.67. The topological polar surface area (TPSA) is 43.4 Å². The smallest absolute Gasteiger partial charge is 0.373 e. The van der Waals surface area contributed by atoms with Crippen molar-refractivity contribution in [2.24, 2.45) is 0 Å². The van der Waals surface area contributed by atoms with Crippen molar-refractivity contribution in [1.29, 1.82) is 0 Å². The predicted octanol–water partition coefficient (Wildman–Crippen LogP) is 3.02. The molecule has 0 atom stereocenters. The van der Waals surface area contributed by atoms with Gasteiger partial charge in [0.05, 0.1) is 5.25 Å². The molecule has 2 rings (SSSR count). The molecule has 0 amide bonds. The molecule has 2 aromatic carbocycles. The van der Waals surface area contributed by atoms with Crippen molar-refractivity contribution in [3.63, 3.8) is 0 Å². The molecule has 0 N–H and O–H groups in total. The monoisotopic (exact) mass is 286 g/mol. The molecule has 0 aliphatic heterocycles. The fourth-order valence-corrected chi connectivity index (χ4v) is 2.21. The maximum absolute atomic E-state index is 11.8. The Hall–Kier alpha value is -2.25. The number of hydrogen-bond donors (Lipinski definition) is 0. The Bertz CT molecular complexity index is 763. The third kappa shape index (κ3) is 3.87. The largest absolute Gasteiger partial charge is 0.382 e. The first-order valence-corrected chi connectivity index (χ1v) is 7.47. The molecule has 3 nitrogen and oxygen atoms in total. The second-order valence-electron chi connectivity index (χ2n) is 4.39. The first-order valence-electron chi connectivity index (χ1n) is 6.06. The summed E-state index contributed by atoms with van der Waals surface area (Å²) in [4.78, 5) is 0. The van der Waals surface area contributed by atoms with Crippen LogP contribution in [0.15, 0.2) is 48.5 Å². The lowest BCUT2D eigenvalue weighted by molar-refractivity contribution is 0.498. The average Bonchev–Trinajstić information content (AvgIpc) is 2.40. The van der Waals surface area contributed by atoms with Gasteiger partial charge in [-0.3, -0.25) is 0 Å². The zero-order valence-electron chi connectivity index (χ0n) is 11.3. The standard InChI is InChI=1S/C16H14O3S/c1-13-7-9-16(10-8-13)19-20(17,18)12-11-15-6-4-3-5-14(15)2/h3-10H,1-2H3. The van der Waals surface area contributed by atoms with Gasteiger partial charge in [-0.25, -0.2) is 0 Å². The van der Waals surface area contributed by atoms with Crippen molar-refractivity contribution < 1.29 is 12.6 Å². The van der Waals surface area contributed by atoms with Crippen LogP contribution in [-0.2, 0) is 10.1 Å². The third-order valence-corrected chi connectivity index (χ3v) is 3.45. The van der Waals surface area contributed by atoms with E-state index in [0.717, 1.165) is 11.1 Å². The van der Waals surface area contributed by atoms with Crippen LogP contribution in [-0.4, -0.2) is 8.42 Å². The van der Waals surface area contributed by atoms with Crippen molar-refractivity contribution in [3.8, 4) is 16.9 Å². The molecule has 0 aliphatic rings. The zero-order chi connectivity index (χ0) is 14.6. The molecule has 0 spiro atoms. The van der Waals surface area contributed by atoms with Crippen LogP contribution in [0.4, 0.5) is 0 Å². The van der Waals surface area contributed by atoms with E-state index < -0.39 is 10.1 Å². The zero-order valence-corrected chi connectivity index (χ0v) is 12.1. The summed E-state index contributed by atoms with van der Waals surface area (Å²) in [6.45, 7) is 3.79. The van der Waals surface area contributed by atoms with Gasteiger partial charge in [0.15, 0.2) is 0 Å². The van der Waals surface area contributed by atoms with Crippen LogP contribution in [0.5, 0.6) is 5.75 Å². The third-order valence-electron chi connectivity index (χ3n) is 2.68. The van der Waals surface area contributed by atoms with E-state index in [9.17, 15) is 8.42 Å². The highest BCUT2D eigenvalue weighted by atomic mass is 32.2. The minimum absolute atomic E-state index is 0.259. The Kier molecular flexibility index (Phi) is 4.11. The molecule has 0 saturated heterocycles. The highest BCUT2D eigenvalue weighted by Gasteiger charge is 2.08. The van der Waals surface area contributed by atoms with E-state index in [2.05, 4.69) is 11.2 Å². The molecule has 0 aromatic heterocycles.